The van der Waals surface area contributed by atoms with Crippen LogP contribution in [0, 0.1) is 6.92 Å². The first-order valence-electron chi connectivity index (χ1n) is 4.74. The fourth-order valence-electron chi connectivity index (χ4n) is 1.49. The number of carboxylic acid groups (broad SMARTS) is 1. The van der Waals surface area contributed by atoms with Crippen LogP contribution in [0.4, 0.5) is 0 Å². The summed E-state index contributed by atoms with van der Waals surface area (Å²) in [6.07, 6.45) is 0. The number of hydrogen-bond acceptors (Lipinski definition) is 2. The summed E-state index contributed by atoms with van der Waals surface area (Å²) in [5.74, 6) is -1.06. The molecule has 0 amide bonds. The van der Waals surface area contributed by atoms with E-state index in [1.54, 1.807) is 25.1 Å². The Morgan fingerprint density at radius 2 is 2.06 bits per heavy atom. The highest BCUT2D eigenvalue weighted by atomic mass is 35.5. The third-order valence-corrected chi connectivity index (χ3v) is 2.73. The summed E-state index contributed by atoms with van der Waals surface area (Å²) in [6.45, 7) is 1.72. The molecule has 0 unspecified atom stereocenters. The zero-order chi connectivity index (χ0) is 12.6. The third-order valence-electron chi connectivity index (χ3n) is 2.19. The van der Waals surface area contributed by atoms with E-state index in [1.165, 1.54) is 10.7 Å². The number of hydrogen-bond donors (Lipinski definition) is 1. The molecule has 0 aliphatic carbocycles. The Balaban J connectivity index is 2.63. The van der Waals surface area contributed by atoms with Crippen molar-refractivity contribution in [1.29, 1.82) is 0 Å². The van der Waals surface area contributed by atoms with Crippen molar-refractivity contribution >= 4 is 29.2 Å². The van der Waals surface area contributed by atoms with Crippen LogP contribution >= 0.6 is 23.2 Å². The Morgan fingerprint density at radius 1 is 1.35 bits per heavy atom. The number of carboxylic acids is 1. The zero-order valence-corrected chi connectivity index (χ0v) is 10.3. The molecule has 2 rings (SSSR count). The van der Waals surface area contributed by atoms with Gasteiger partial charge in [0.05, 0.1) is 16.4 Å². The van der Waals surface area contributed by atoms with Gasteiger partial charge in [-0.15, -0.1) is 0 Å². The Bertz CT molecular complexity index is 593. The maximum Gasteiger partial charge on any atom is 0.354 e. The van der Waals surface area contributed by atoms with E-state index in [4.69, 9.17) is 28.3 Å². The highest BCUT2D eigenvalue weighted by molar-refractivity contribution is 6.35. The number of aryl methyl sites for hydroxylation is 1. The monoisotopic (exact) mass is 270 g/mol. The summed E-state index contributed by atoms with van der Waals surface area (Å²) < 4.78 is 1.29. The van der Waals surface area contributed by atoms with Crippen LogP contribution in [0.3, 0.4) is 0 Å². The molecule has 88 valence electrons. The zero-order valence-electron chi connectivity index (χ0n) is 8.82. The second-order valence-electron chi connectivity index (χ2n) is 3.48. The standard InChI is InChI=1S/C11H8Cl2N2O2/c1-6-4-10(11(16)17)15(14-6)9-3-2-7(12)5-8(9)13/h2-5H,1H3,(H,16,17). The van der Waals surface area contributed by atoms with Gasteiger partial charge in [-0.2, -0.15) is 5.10 Å². The number of carbonyl (C=O) groups is 1. The normalized spacial score (nSPS) is 10.5. The number of halogens is 2. The number of benzene rings is 1. The maximum absolute atomic E-state index is 11.1. The second-order valence-corrected chi connectivity index (χ2v) is 4.33. The summed E-state index contributed by atoms with van der Waals surface area (Å²) >= 11 is 11.8. The minimum atomic E-state index is -1.06. The van der Waals surface area contributed by atoms with Crippen molar-refractivity contribution in [3.8, 4) is 5.69 Å². The molecule has 0 radical (unpaired) electrons. The van der Waals surface area contributed by atoms with Gasteiger partial charge in [0.25, 0.3) is 0 Å². The van der Waals surface area contributed by atoms with E-state index in [0.29, 0.717) is 21.4 Å². The molecule has 0 atom stereocenters. The Hall–Kier alpha value is -1.52. The van der Waals surface area contributed by atoms with Gasteiger partial charge in [-0.3, -0.25) is 0 Å². The average molecular weight is 271 g/mol. The molecule has 4 nitrogen and oxygen atoms in total. The SMILES string of the molecule is Cc1cc(C(=O)O)n(-c2ccc(Cl)cc2Cl)n1. The second kappa shape index (κ2) is 4.39. The molecule has 1 aromatic carbocycles. The van der Waals surface area contributed by atoms with Gasteiger partial charge in [-0.05, 0) is 31.2 Å². The Labute approximate surface area is 107 Å². The van der Waals surface area contributed by atoms with Gasteiger partial charge >= 0.3 is 5.97 Å². The highest BCUT2D eigenvalue weighted by Gasteiger charge is 2.15. The fraction of sp³-hybridized carbons (Fsp3) is 0.0909. The van der Waals surface area contributed by atoms with E-state index in [1.807, 2.05) is 0 Å². The van der Waals surface area contributed by atoms with Crippen LogP contribution in [0.1, 0.15) is 16.2 Å². The van der Waals surface area contributed by atoms with E-state index >= 15 is 0 Å². The van der Waals surface area contributed by atoms with Crippen LogP contribution in [0.5, 0.6) is 0 Å². The molecular formula is C11H8Cl2N2O2. The molecule has 0 aliphatic rings. The molecule has 1 heterocycles. The average Bonchev–Trinajstić information content (AvgIpc) is 2.60. The predicted octanol–water partition coefficient (Wildman–Crippen LogP) is 3.19. The minimum absolute atomic E-state index is 0.0618. The van der Waals surface area contributed by atoms with Crippen LogP contribution in [-0.2, 0) is 0 Å². The topological polar surface area (TPSA) is 55.1 Å². The minimum Gasteiger partial charge on any atom is -0.477 e. The van der Waals surface area contributed by atoms with Crippen molar-refractivity contribution in [3.63, 3.8) is 0 Å². The van der Waals surface area contributed by atoms with Crippen molar-refractivity contribution in [2.45, 2.75) is 6.92 Å². The van der Waals surface area contributed by atoms with E-state index in [9.17, 15) is 4.79 Å². The van der Waals surface area contributed by atoms with Gasteiger partial charge in [-0.25, -0.2) is 9.48 Å². The van der Waals surface area contributed by atoms with E-state index in [2.05, 4.69) is 5.10 Å². The third kappa shape index (κ3) is 2.28. The summed E-state index contributed by atoms with van der Waals surface area (Å²) in [7, 11) is 0. The van der Waals surface area contributed by atoms with E-state index in [-0.39, 0.29) is 5.69 Å². The largest absolute Gasteiger partial charge is 0.477 e. The van der Waals surface area contributed by atoms with Gasteiger partial charge in [0.15, 0.2) is 5.69 Å². The van der Waals surface area contributed by atoms with Crippen LogP contribution in [0.15, 0.2) is 24.3 Å². The number of aromatic nitrogens is 2. The fourth-order valence-corrected chi connectivity index (χ4v) is 1.98. The summed E-state index contributed by atoms with van der Waals surface area (Å²) in [4.78, 5) is 11.1. The lowest BCUT2D eigenvalue weighted by Crippen LogP contribution is -2.08. The number of aromatic carboxylic acids is 1. The molecule has 0 spiro atoms. The first-order valence-corrected chi connectivity index (χ1v) is 5.50. The summed E-state index contributed by atoms with van der Waals surface area (Å²) in [6, 6.07) is 6.28. The van der Waals surface area contributed by atoms with Crippen molar-refractivity contribution in [3.05, 3.63) is 45.7 Å². The number of nitrogens with zero attached hydrogens (tertiary/aromatic N) is 2. The number of rotatable bonds is 2. The predicted molar refractivity (Wildman–Crippen MR) is 65.3 cm³/mol. The molecule has 0 fully saturated rings. The molecule has 0 aliphatic heterocycles. The molecule has 1 aromatic heterocycles. The quantitative estimate of drug-likeness (QED) is 0.912. The maximum atomic E-state index is 11.1. The molecule has 6 heteroatoms. The van der Waals surface area contributed by atoms with Crippen molar-refractivity contribution in [2.75, 3.05) is 0 Å². The van der Waals surface area contributed by atoms with Gasteiger partial charge in [0.1, 0.15) is 0 Å². The van der Waals surface area contributed by atoms with Crippen molar-refractivity contribution in [1.82, 2.24) is 9.78 Å². The van der Waals surface area contributed by atoms with Crippen LogP contribution < -0.4 is 0 Å². The Kier molecular flexibility index (Phi) is 3.09. The highest BCUT2D eigenvalue weighted by Crippen LogP contribution is 2.25. The van der Waals surface area contributed by atoms with Gasteiger partial charge in [0.2, 0.25) is 0 Å². The molecular weight excluding hydrogens is 263 g/mol. The Morgan fingerprint density at radius 3 is 2.65 bits per heavy atom. The van der Waals surface area contributed by atoms with Crippen LogP contribution in [-0.4, -0.2) is 20.9 Å². The molecule has 0 saturated heterocycles. The molecule has 2 aromatic rings. The van der Waals surface area contributed by atoms with Crippen molar-refractivity contribution in [2.24, 2.45) is 0 Å². The smallest absolute Gasteiger partial charge is 0.354 e. The summed E-state index contributed by atoms with van der Waals surface area (Å²) in [5.41, 5.74) is 1.15. The molecule has 1 N–H and O–H groups in total. The van der Waals surface area contributed by atoms with Gasteiger partial charge < -0.3 is 5.11 Å². The molecule has 0 bridgehead atoms. The lowest BCUT2D eigenvalue weighted by molar-refractivity contribution is 0.0687. The molecule has 0 saturated carbocycles. The van der Waals surface area contributed by atoms with Crippen LogP contribution in [0.25, 0.3) is 5.69 Å². The molecule has 17 heavy (non-hydrogen) atoms. The van der Waals surface area contributed by atoms with Crippen molar-refractivity contribution < 1.29 is 9.90 Å². The summed E-state index contributed by atoms with van der Waals surface area (Å²) in [5, 5.41) is 14.0. The first kappa shape index (κ1) is 12.0. The van der Waals surface area contributed by atoms with E-state index < -0.39 is 5.97 Å². The van der Waals surface area contributed by atoms with Gasteiger partial charge in [0, 0.05) is 5.02 Å². The van der Waals surface area contributed by atoms with Gasteiger partial charge in [-0.1, -0.05) is 23.2 Å². The first-order chi connectivity index (χ1) is 7.99. The lowest BCUT2D eigenvalue weighted by Gasteiger charge is -2.06. The van der Waals surface area contributed by atoms with E-state index in [0.717, 1.165) is 0 Å². The van der Waals surface area contributed by atoms with Crippen LogP contribution in [0.2, 0.25) is 10.0 Å². The lowest BCUT2D eigenvalue weighted by atomic mass is 10.3.